The Morgan fingerprint density at radius 2 is 2.00 bits per heavy atom. The van der Waals surface area contributed by atoms with Crippen LogP contribution in [0.5, 0.6) is 0 Å². The van der Waals surface area contributed by atoms with Crippen LogP contribution in [0.15, 0.2) is 23.1 Å². The molecule has 8 heteroatoms. The zero-order chi connectivity index (χ0) is 14.4. The molecule has 2 rings (SSSR count). The molecule has 0 unspecified atom stereocenters. The zero-order valence-corrected chi connectivity index (χ0v) is 13.0. The van der Waals surface area contributed by atoms with Crippen molar-refractivity contribution in [2.75, 3.05) is 13.1 Å². The van der Waals surface area contributed by atoms with Crippen molar-refractivity contribution >= 4 is 38.6 Å². The number of hydrogen-bond acceptors (Lipinski definition) is 4. The van der Waals surface area contributed by atoms with E-state index in [1.54, 1.807) is 6.92 Å². The molecular weight excluding hydrogens is 385 g/mol. The number of aromatic carboxylic acids is 1. The Hall–Kier alpha value is -0.710. The predicted octanol–water partition coefficient (Wildman–Crippen LogP) is 0.745. The van der Waals surface area contributed by atoms with E-state index in [2.05, 4.69) is 0 Å². The second kappa shape index (κ2) is 4.69. The van der Waals surface area contributed by atoms with Crippen molar-refractivity contribution in [3.05, 3.63) is 27.3 Å². The van der Waals surface area contributed by atoms with E-state index in [9.17, 15) is 18.3 Å². The number of aliphatic hydroxyl groups is 1. The fourth-order valence-corrected chi connectivity index (χ4v) is 4.13. The highest BCUT2D eigenvalue weighted by molar-refractivity contribution is 14.1. The lowest BCUT2D eigenvalue weighted by Crippen LogP contribution is -2.61. The van der Waals surface area contributed by atoms with Crippen LogP contribution in [0, 0.1) is 3.57 Å². The summed E-state index contributed by atoms with van der Waals surface area (Å²) in [5, 5.41) is 18.6. The number of nitrogens with zero attached hydrogens (tertiary/aromatic N) is 1. The number of benzene rings is 1. The van der Waals surface area contributed by atoms with E-state index in [1.807, 2.05) is 22.6 Å². The fourth-order valence-electron chi connectivity index (χ4n) is 1.86. The summed E-state index contributed by atoms with van der Waals surface area (Å²) in [5.74, 6) is -1.17. The Balaban J connectivity index is 2.37. The maximum absolute atomic E-state index is 12.2. The molecular formula is C11H12INO5S. The van der Waals surface area contributed by atoms with E-state index in [0.717, 1.165) is 10.4 Å². The van der Waals surface area contributed by atoms with Gasteiger partial charge in [-0.15, -0.1) is 0 Å². The molecule has 1 aliphatic rings. The highest BCUT2D eigenvalue weighted by Crippen LogP contribution is 2.28. The van der Waals surface area contributed by atoms with Crippen LogP contribution in [0.3, 0.4) is 0 Å². The number of hydrogen-bond donors (Lipinski definition) is 2. The van der Waals surface area contributed by atoms with Crippen molar-refractivity contribution in [3.8, 4) is 0 Å². The van der Waals surface area contributed by atoms with Crippen LogP contribution in [0.25, 0.3) is 0 Å². The molecule has 1 heterocycles. The summed E-state index contributed by atoms with van der Waals surface area (Å²) in [4.78, 5) is 10.9. The lowest BCUT2D eigenvalue weighted by atomic mass is 10.0. The highest BCUT2D eigenvalue weighted by Gasteiger charge is 2.44. The zero-order valence-electron chi connectivity index (χ0n) is 10.00. The topological polar surface area (TPSA) is 94.9 Å². The van der Waals surface area contributed by atoms with Gasteiger partial charge in [0.05, 0.1) is 16.1 Å². The Labute approximate surface area is 124 Å². The first kappa shape index (κ1) is 14.7. The van der Waals surface area contributed by atoms with Gasteiger partial charge in [0.15, 0.2) is 0 Å². The summed E-state index contributed by atoms with van der Waals surface area (Å²) < 4.78 is 26.0. The molecule has 0 bridgehead atoms. The quantitative estimate of drug-likeness (QED) is 0.734. The van der Waals surface area contributed by atoms with Gasteiger partial charge in [-0.3, -0.25) is 0 Å². The summed E-state index contributed by atoms with van der Waals surface area (Å²) in [5.41, 5.74) is -1.06. The van der Waals surface area contributed by atoms with Crippen LogP contribution in [-0.2, 0) is 10.0 Å². The SMILES string of the molecule is CC1(O)CN(S(=O)(=O)c2ccc(I)c(C(=O)O)c2)C1. The Bertz CT molecular complexity index is 632. The number of carboxylic acids is 1. The number of carboxylic acid groups (broad SMARTS) is 1. The minimum absolute atomic E-state index is 0.0176. The Kier molecular flexibility index (Phi) is 3.62. The van der Waals surface area contributed by atoms with Gasteiger partial charge in [-0.1, -0.05) is 0 Å². The normalized spacial score (nSPS) is 18.9. The minimum atomic E-state index is -3.74. The first-order chi connectivity index (χ1) is 8.63. The second-order valence-corrected chi connectivity index (χ2v) is 7.82. The predicted molar refractivity (Wildman–Crippen MR) is 75.5 cm³/mol. The van der Waals surface area contributed by atoms with E-state index >= 15 is 0 Å². The second-order valence-electron chi connectivity index (χ2n) is 4.72. The lowest BCUT2D eigenvalue weighted by Gasteiger charge is -2.42. The maximum atomic E-state index is 12.2. The molecule has 0 saturated carbocycles. The molecule has 1 fully saturated rings. The molecule has 0 spiro atoms. The van der Waals surface area contributed by atoms with Gasteiger partial charge in [0.1, 0.15) is 0 Å². The van der Waals surface area contributed by atoms with E-state index in [-0.39, 0.29) is 23.5 Å². The van der Waals surface area contributed by atoms with Crippen LogP contribution in [0.4, 0.5) is 0 Å². The van der Waals surface area contributed by atoms with Crippen LogP contribution in [0.1, 0.15) is 17.3 Å². The lowest BCUT2D eigenvalue weighted by molar-refractivity contribution is -0.0426. The molecule has 0 radical (unpaired) electrons. The first-order valence-corrected chi connectivity index (χ1v) is 7.91. The van der Waals surface area contributed by atoms with E-state index < -0.39 is 21.6 Å². The standard InChI is InChI=1S/C11H12INO5S/c1-11(16)5-13(6-11)19(17,18)7-2-3-9(12)8(4-7)10(14)15/h2-4,16H,5-6H2,1H3,(H,14,15). The van der Waals surface area contributed by atoms with Crippen LogP contribution >= 0.6 is 22.6 Å². The van der Waals surface area contributed by atoms with E-state index in [4.69, 9.17) is 5.11 Å². The van der Waals surface area contributed by atoms with Crippen molar-refractivity contribution in [1.29, 1.82) is 0 Å². The number of β-amino-alcohol motifs (C(OH)–C–C–N with tert-alkyl or cyclic N) is 1. The average Bonchev–Trinajstić information content (AvgIpc) is 2.25. The molecule has 2 N–H and O–H groups in total. The van der Waals surface area contributed by atoms with Gasteiger partial charge < -0.3 is 10.2 Å². The third-order valence-corrected chi connectivity index (χ3v) is 5.57. The van der Waals surface area contributed by atoms with Crippen LogP contribution < -0.4 is 0 Å². The van der Waals surface area contributed by atoms with Gasteiger partial charge in [-0.25, -0.2) is 13.2 Å². The van der Waals surface area contributed by atoms with Crippen molar-refractivity contribution < 1.29 is 23.4 Å². The van der Waals surface area contributed by atoms with E-state index in [1.165, 1.54) is 12.1 Å². The van der Waals surface area contributed by atoms with Gasteiger partial charge in [-0.05, 0) is 47.7 Å². The first-order valence-electron chi connectivity index (χ1n) is 5.39. The van der Waals surface area contributed by atoms with E-state index in [0.29, 0.717) is 3.57 Å². The summed E-state index contributed by atoms with van der Waals surface area (Å²) >= 11 is 1.84. The van der Waals surface area contributed by atoms with Gasteiger partial charge in [0.2, 0.25) is 10.0 Å². The molecule has 0 aliphatic carbocycles. The molecule has 19 heavy (non-hydrogen) atoms. The minimum Gasteiger partial charge on any atom is -0.478 e. The van der Waals surface area contributed by atoms with Gasteiger partial charge in [0.25, 0.3) is 0 Å². The molecule has 1 saturated heterocycles. The third kappa shape index (κ3) is 2.76. The summed E-state index contributed by atoms with van der Waals surface area (Å²) in [6.45, 7) is 1.59. The Morgan fingerprint density at radius 3 is 2.47 bits per heavy atom. The average molecular weight is 397 g/mol. The monoisotopic (exact) mass is 397 g/mol. The van der Waals surface area contributed by atoms with Crippen LogP contribution in [0.2, 0.25) is 0 Å². The van der Waals surface area contributed by atoms with Crippen molar-refractivity contribution in [2.24, 2.45) is 0 Å². The molecule has 1 aliphatic heterocycles. The summed E-state index contributed by atoms with van der Waals surface area (Å²) in [6, 6.07) is 3.97. The number of carbonyl (C=O) groups is 1. The fraction of sp³-hybridized carbons (Fsp3) is 0.364. The maximum Gasteiger partial charge on any atom is 0.336 e. The molecule has 1 aromatic rings. The van der Waals surface area contributed by atoms with Crippen LogP contribution in [-0.4, -0.2) is 47.6 Å². The molecule has 1 aromatic carbocycles. The van der Waals surface area contributed by atoms with Crippen molar-refractivity contribution in [1.82, 2.24) is 4.31 Å². The van der Waals surface area contributed by atoms with Gasteiger partial charge >= 0.3 is 5.97 Å². The van der Waals surface area contributed by atoms with Crippen molar-refractivity contribution in [3.63, 3.8) is 0 Å². The highest BCUT2D eigenvalue weighted by atomic mass is 127. The number of halogens is 1. The summed E-state index contributed by atoms with van der Waals surface area (Å²) in [7, 11) is -3.74. The molecule has 104 valence electrons. The number of sulfonamides is 1. The molecule has 0 amide bonds. The van der Waals surface area contributed by atoms with Gasteiger partial charge in [-0.2, -0.15) is 4.31 Å². The summed E-state index contributed by atoms with van der Waals surface area (Å²) in [6.07, 6.45) is 0. The number of rotatable bonds is 3. The van der Waals surface area contributed by atoms with Crippen molar-refractivity contribution in [2.45, 2.75) is 17.4 Å². The molecule has 0 aromatic heterocycles. The largest absolute Gasteiger partial charge is 0.478 e. The molecule has 6 nitrogen and oxygen atoms in total. The smallest absolute Gasteiger partial charge is 0.336 e. The molecule has 0 atom stereocenters. The van der Waals surface area contributed by atoms with Gasteiger partial charge in [0, 0.05) is 16.7 Å². The third-order valence-electron chi connectivity index (χ3n) is 2.84. The Morgan fingerprint density at radius 1 is 1.42 bits per heavy atom.